The first-order chi connectivity index (χ1) is 15.8. The van der Waals surface area contributed by atoms with Crippen LogP contribution in [0.15, 0.2) is 74.9 Å². The van der Waals surface area contributed by atoms with E-state index in [4.69, 9.17) is 15.0 Å². The largest absolute Gasteiger partial charge is 0.274 e. The standard InChI is InChI=1S/C27H27N3S2/c1-2-3-11-22-20-9-6-10-21(20)23-24-25(32-26(23)30-22)27(29-16-28-24)31-15-17-12-13-18-7-4-5-8-19(18)14-17/h4-5,7-8,12-14,16,23,26H,2-3,6,9-11,15H2,1H3/t23-,26+/m0/s1. The molecule has 2 aromatic carbocycles. The Bertz CT molecular complexity index is 1250. The molecule has 0 amide bonds. The fourth-order valence-corrected chi connectivity index (χ4v) is 7.74. The Labute approximate surface area is 198 Å². The molecule has 5 heteroatoms. The van der Waals surface area contributed by atoms with E-state index >= 15 is 0 Å². The van der Waals surface area contributed by atoms with E-state index in [-0.39, 0.29) is 5.37 Å². The fraction of sp³-hybridized carbons (Fsp3) is 0.370. The maximum absolute atomic E-state index is 5.28. The van der Waals surface area contributed by atoms with Crippen LogP contribution >= 0.6 is 23.5 Å². The highest BCUT2D eigenvalue weighted by Crippen LogP contribution is 2.56. The molecular formula is C27H27N3S2. The first-order valence-electron chi connectivity index (χ1n) is 11.7. The molecule has 0 radical (unpaired) electrons. The molecule has 2 atom stereocenters. The average molecular weight is 458 g/mol. The summed E-state index contributed by atoms with van der Waals surface area (Å²) < 4.78 is 0. The molecule has 0 saturated heterocycles. The van der Waals surface area contributed by atoms with Crippen LogP contribution in [-0.2, 0) is 5.75 Å². The molecule has 2 aliphatic heterocycles. The quantitative estimate of drug-likeness (QED) is 0.283. The van der Waals surface area contributed by atoms with E-state index in [1.165, 1.54) is 64.7 Å². The molecule has 0 spiro atoms. The van der Waals surface area contributed by atoms with E-state index in [9.17, 15) is 0 Å². The third-order valence-electron chi connectivity index (χ3n) is 6.84. The molecule has 6 rings (SSSR count). The van der Waals surface area contributed by atoms with E-state index in [1.807, 2.05) is 23.5 Å². The summed E-state index contributed by atoms with van der Waals surface area (Å²) >= 11 is 3.74. The number of aliphatic imine (C=N–C) groups is 1. The molecular weight excluding hydrogens is 430 g/mol. The van der Waals surface area contributed by atoms with Gasteiger partial charge in [0, 0.05) is 11.5 Å². The van der Waals surface area contributed by atoms with E-state index in [1.54, 1.807) is 17.5 Å². The highest BCUT2D eigenvalue weighted by atomic mass is 32.2. The van der Waals surface area contributed by atoms with Gasteiger partial charge in [-0.2, -0.15) is 0 Å². The summed E-state index contributed by atoms with van der Waals surface area (Å²) in [5.74, 6) is 1.28. The van der Waals surface area contributed by atoms with Gasteiger partial charge in [0.2, 0.25) is 0 Å². The molecule has 32 heavy (non-hydrogen) atoms. The summed E-state index contributed by atoms with van der Waals surface area (Å²) in [6.07, 6.45) is 9.05. The maximum Gasteiger partial charge on any atom is 0.117 e. The van der Waals surface area contributed by atoms with Crippen LogP contribution in [0.3, 0.4) is 0 Å². The van der Waals surface area contributed by atoms with Crippen molar-refractivity contribution in [2.75, 3.05) is 0 Å². The second-order valence-corrected chi connectivity index (χ2v) is 11.0. The molecule has 0 bridgehead atoms. The number of aromatic nitrogens is 2. The van der Waals surface area contributed by atoms with Gasteiger partial charge in [-0.15, -0.1) is 11.8 Å². The summed E-state index contributed by atoms with van der Waals surface area (Å²) in [4.78, 5) is 16.1. The van der Waals surface area contributed by atoms with Gasteiger partial charge in [-0.05, 0) is 54.0 Å². The number of nitrogens with zero attached hydrogens (tertiary/aromatic N) is 3. The van der Waals surface area contributed by atoms with Crippen molar-refractivity contribution in [1.82, 2.24) is 9.97 Å². The Balaban J connectivity index is 1.28. The minimum atomic E-state index is 0.255. The summed E-state index contributed by atoms with van der Waals surface area (Å²) in [5.41, 5.74) is 7.15. The fourth-order valence-electron chi connectivity index (χ4n) is 5.28. The number of fused-ring (bicyclic) bond motifs is 5. The van der Waals surface area contributed by atoms with Gasteiger partial charge in [0.05, 0.1) is 16.5 Å². The first kappa shape index (κ1) is 20.5. The minimum Gasteiger partial charge on any atom is -0.274 e. The van der Waals surface area contributed by atoms with Crippen LogP contribution in [0, 0.1) is 0 Å². The number of thioether (sulfide) groups is 2. The van der Waals surface area contributed by atoms with Crippen molar-refractivity contribution in [2.45, 2.75) is 72.4 Å². The lowest BCUT2D eigenvalue weighted by atomic mass is 9.87. The van der Waals surface area contributed by atoms with Crippen molar-refractivity contribution in [2.24, 2.45) is 4.99 Å². The molecule has 0 saturated carbocycles. The van der Waals surface area contributed by atoms with E-state index in [0.717, 1.165) is 17.2 Å². The lowest BCUT2D eigenvalue weighted by Gasteiger charge is -2.26. The van der Waals surface area contributed by atoms with Gasteiger partial charge in [-0.25, -0.2) is 9.97 Å². The van der Waals surface area contributed by atoms with E-state index in [2.05, 4.69) is 49.4 Å². The summed E-state index contributed by atoms with van der Waals surface area (Å²) in [7, 11) is 0. The Hall–Kier alpha value is -2.11. The lowest BCUT2D eigenvalue weighted by Crippen LogP contribution is -2.21. The third-order valence-corrected chi connectivity index (χ3v) is 9.29. The summed E-state index contributed by atoms with van der Waals surface area (Å²) in [6, 6.07) is 15.3. The maximum atomic E-state index is 5.28. The Morgan fingerprint density at radius 3 is 2.88 bits per heavy atom. The van der Waals surface area contributed by atoms with Gasteiger partial charge in [0.1, 0.15) is 16.7 Å². The molecule has 1 aromatic heterocycles. The highest BCUT2D eigenvalue weighted by molar-refractivity contribution is 8.02. The Morgan fingerprint density at radius 2 is 1.97 bits per heavy atom. The molecule has 0 N–H and O–H groups in total. The molecule has 3 aliphatic rings. The van der Waals surface area contributed by atoms with Crippen LogP contribution in [0.2, 0.25) is 0 Å². The molecule has 3 heterocycles. The van der Waals surface area contributed by atoms with Crippen LogP contribution in [0.4, 0.5) is 0 Å². The van der Waals surface area contributed by atoms with Crippen LogP contribution < -0.4 is 0 Å². The molecule has 3 nitrogen and oxygen atoms in total. The number of benzene rings is 2. The number of rotatable bonds is 6. The second kappa shape index (κ2) is 8.68. The van der Waals surface area contributed by atoms with Crippen LogP contribution in [0.25, 0.3) is 10.8 Å². The van der Waals surface area contributed by atoms with Crippen LogP contribution in [-0.4, -0.2) is 21.1 Å². The van der Waals surface area contributed by atoms with Gasteiger partial charge in [0.15, 0.2) is 0 Å². The Kier molecular flexibility index (Phi) is 5.56. The van der Waals surface area contributed by atoms with Crippen molar-refractivity contribution in [1.29, 1.82) is 0 Å². The first-order valence-corrected chi connectivity index (χ1v) is 13.6. The van der Waals surface area contributed by atoms with Gasteiger partial charge in [-0.1, -0.05) is 73.1 Å². The number of hydrogen-bond acceptors (Lipinski definition) is 5. The van der Waals surface area contributed by atoms with Gasteiger partial charge < -0.3 is 0 Å². The van der Waals surface area contributed by atoms with Crippen LogP contribution in [0.1, 0.15) is 62.6 Å². The highest BCUT2D eigenvalue weighted by Gasteiger charge is 2.43. The predicted molar refractivity (Wildman–Crippen MR) is 136 cm³/mol. The van der Waals surface area contributed by atoms with Gasteiger partial charge in [-0.3, -0.25) is 4.99 Å². The predicted octanol–water partition coefficient (Wildman–Crippen LogP) is 7.56. The zero-order chi connectivity index (χ0) is 21.5. The van der Waals surface area contributed by atoms with Gasteiger partial charge in [0.25, 0.3) is 0 Å². The summed E-state index contributed by atoms with van der Waals surface area (Å²) in [6.45, 7) is 2.27. The Morgan fingerprint density at radius 1 is 1.06 bits per heavy atom. The van der Waals surface area contributed by atoms with Crippen molar-refractivity contribution < 1.29 is 0 Å². The van der Waals surface area contributed by atoms with Crippen molar-refractivity contribution in [3.63, 3.8) is 0 Å². The SMILES string of the molecule is CCCCC1=N[C@@H]2Sc3c(SCc4ccc5ccccc5c4)ncnc3[C@@H]2C2=C1CCC2. The van der Waals surface area contributed by atoms with Crippen molar-refractivity contribution in [3.05, 3.63) is 71.2 Å². The average Bonchev–Trinajstić information content (AvgIpc) is 3.45. The third kappa shape index (κ3) is 3.60. The molecule has 3 aromatic rings. The number of unbranched alkanes of at least 4 members (excludes halogenated alkanes) is 1. The van der Waals surface area contributed by atoms with E-state index in [0.29, 0.717) is 5.92 Å². The van der Waals surface area contributed by atoms with Crippen molar-refractivity contribution in [3.8, 4) is 0 Å². The topological polar surface area (TPSA) is 38.1 Å². The number of allylic oxidation sites excluding steroid dienone is 1. The normalized spacial score (nSPS) is 21.5. The zero-order valence-electron chi connectivity index (χ0n) is 18.4. The molecule has 0 fully saturated rings. The van der Waals surface area contributed by atoms with Crippen molar-refractivity contribution >= 4 is 40.0 Å². The second-order valence-electron chi connectivity index (χ2n) is 8.89. The van der Waals surface area contributed by atoms with Gasteiger partial charge >= 0.3 is 0 Å². The molecule has 1 aliphatic carbocycles. The minimum absolute atomic E-state index is 0.255. The smallest absolute Gasteiger partial charge is 0.117 e. The number of dihydropyridines is 1. The van der Waals surface area contributed by atoms with Crippen LogP contribution in [0.5, 0.6) is 0 Å². The lowest BCUT2D eigenvalue weighted by molar-refractivity contribution is 0.687. The number of hydrogen-bond donors (Lipinski definition) is 0. The summed E-state index contributed by atoms with van der Waals surface area (Å²) in [5, 5.41) is 3.97. The monoisotopic (exact) mass is 457 g/mol. The van der Waals surface area contributed by atoms with E-state index < -0.39 is 0 Å². The molecule has 0 unspecified atom stereocenters. The molecule has 162 valence electrons. The zero-order valence-corrected chi connectivity index (χ0v) is 20.0.